The summed E-state index contributed by atoms with van der Waals surface area (Å²) in [6, 6.07) is 2.80. The summed E-state index contributed by atoms with van der Waals surface area (Å²) in [7, 11) is 0. The summed E-state index contributed by atoms with van der Waals surface area (Å²) in [5, 5.41) is 0. The first-order valence-electron chi connectivity index (χ1n) is 8.23. The standard InChI is InChI=1S/C16H26N4O/c1-3-14-6-4-5-7-20(14)16-12-15(17-13(2)18-16)19-8-10-21-11-9-19/h12,14H,3-11H2,1-2H3. The molecule has 5 heteroatoms. The molecule has 0 spiro atoms. The summed E-state index contributed by atoms with van der Waals surface area (Å²) in [5.74, 6) is 3.03. The van der Waals surface area contributed by atoms with Gasteiger partial charge in [-0.1, -0.05) is 6.92 Å². The molecule has 0 N–H and O–H groups in total. The van der Waals surface area contributed by atoms with Gasteiger partial charge in [-0.3, -0.25) is 0 Å². The van der Waals surface area contributed by atoms with Gasteiger partial charge in [0.15, 0.2) is 0 Å². The van der Waals surface area contributed by atoms with E-state index in [0.717, 1.165) is 50.3 Å². The molecule has 5 nitrogen and oxygen atoms in total. The number of anilines is 2. The fourth-order valence-corrected chi connectivity index (χ4v) is 3.36. The van der Waals surface area contributed by atoms with Crippen molar-refractivity contribution in [1.82, 2.24) is 9.97 Å². The van der Waals surface area contributed by atoms with E-state index in [-0.39, 0.29) is 0 Å². The average molecular weight is 290 g/mol. The third-order valence-corrected chi connectivity index (χ3v) is 4.54. The minimum Gasteiger partial charge on any atom is -0.378 e. The minimum atomic E-state index is 0.630. The van der Waals surface area contributed by atoms with Crippen LogP contribution in [0.3, 0.4) is 0 Å². The summed E-state index contributed by atoms with van der Waals surface area (Å²) in [4.78, 5) is 14.1. The van der Waals surface area contributed by atoms with Gasteiger partial charge in [0.2, 0.25) is 0 Å². The highest BCUT2D eigenvalue weighted by molar-refractivity contribution is 5.52. The lowest BCUT2D eigenvalue weighted by molar-refractivity contribution is 0.122. The first kappa shape index (κ1) is 14.6. The molecule has 1 aromatic heterocycles. The number of rotatable bonds is 3. The number of piperidine rings is 1. The maximum atomic E-state index is 5.44. The Morgan fingerprint density at radius 2 is 1.90 bits per heavy atom. The molecule has 2 saturated heterocycles. The molecular formula is C16H26N4O. The van der Waals surface area contributed by atoms with E-state index in [9.17, 15) is 0 Å². The number of hydrogen-bond acceptors (Lipinski definition) is 5. The molecule has 116 valence electrons. The SMILES string of the molecule is CCC1CCCCN1c1cc(N2CCOCC2)nc(C)n1. The van der Waals surface area contributed by atoms with Gasteiger partial charge in [0, 0.05) is 31.7 Å². The zero-order valence-corrected chi connectivity index (χ0v) is 13.2. The van der Waals surface area contributed by atoms with Gasteiger partial charge in [-0.2, -0.15) is 0 Å². The van der Waals surface area contributed by atoms with Crippen LogP contribution in [0.5, 0.6) is 0 Å². The number of hydrogen-bond donors (Lipinski definition) is 0. The van der Waals surface area contributed by atoms with Gasteiger partial charge in [-0.25, -0.2) is 9.97 Å². The van der Waals surface area contributed by atoms with Crippen molar-refractivity contribution < 1.29 is 4.74 Å². The lowest BCUT2D eigenvalue weighted by Gasteiger charge is -2.37. The Bertz CT molecular complexity index is 473. The second kappa shape index (κ2) is 6.60. The van der Waals surface area contributed by atoms with Crippen LogP contribution in [0, 0.1) is 6.92 Å². The van der Waals surface area contributed by atoms with Gasteiger partial charge in [0.05, 0.1) is 13.2 Å². The molecule has 2 aliphatic heterocycles. The predicted molar refractivity (Wildman–Crippen MR) is 85.1 cm³/mol. The smallest absolute Gasteiger partial charge is 0.134 e. The quantitative estimate of drug-likeness (QED) is 0.855. The molecule has 0 aromatic carbocycles. The molecule has 3 rings (SSSR count). The number of aromatic nitrogens is 2. The van der Waals surface area contributed by atoms with Gasteiger partial charge in [0.25, 0.3) is 0 Å². The van der Waals surface area contributed by atoms with Crippen LogP contribution >= 0.6 is 0 Å². The third-order valence-electron chi connectivity index (χ3n) is 4.54. The molecule has 2 fully saturated rings. The number of ether oxygens (including phenoxy) is 1. The van der Waals surface area contributed by atoms with Crippen LogP contribution in [0.2, 0.25) is 0 Å². The summed E-state index contributed by atoms with van der Waals surface area (Å²) in [6.07, 6.45) is 5.09. The van der Waals surface area contributed by atoms with Crippen molar-refractivity contribution in [2.24, 2.45) is 0 Å². The predicted octanol–water partition coefficient (Wildman–Crippen LogP) is 2.39. The number of aryl methyl sites for hydroxylation is 1. The second-order valence-electron chi connectivity index (χ2n) is 5.98. The van der Waals surface area contributed by atoms with Crippen molar-refractivity contribution >= 4 is 11.6 Å². The van der Waals surface area contributed by atoms with Crippen molar-refractivity contribution in [3.63, 3.8) is 0 Å². The van der Waals surface area contributed by atoms with Crippen LogP contribution in [0.25, 0.3) is 0 Å². The van der Waals surface area contributed by atoms with Crippen molar-refractivity contribution in [2.45, 2.75) is 45.6 Å². The first-order valence-corrected chi connectivity index (χ1v) is 8.23. The molecule has 0 amide bonds. The average Bonchev–Trinajstić information content (AvgIpc) is 2.55. The maximum Gasteiger partial charge on any atom is 0.134 e. The first-order chi connectivity index (χ1) is 10.3. The molecular weight excluding hydrogens is 264 g/mol. The Kier molecular flexibility index (Phi) is 4.58. The Morgan fingerprint density at radius 3 is 2.67 bits per heavy atom. The number of nitrogens with zero attached hydrogens (tertiary/aromatic N) is 4. The van der Waals surface area contributed by atoms with E-state index in [1.54, 1.807) is 0 Å². The molecule has 0 radical (unpaired) electrons. The highest BCUT2D eigenvalue weighted by atomic mass is 16.5. The van der Waals surface area contributed by atoms with E-state index in [1.807, 2.05) is 6.92 Å². The molecule has 0 saturated carbocycles. The van der Waals surface area contributed by atoms with Crippen molar-refractivity contribution in [2.75, 3.05) is 42.6 Å². The Hall–Kier alpha value is -1.36. The van der Waals surface area contributed by atoms with Crippen LogP contribution in [0.4, 0.5) is 11.6 Å². The van der Waals surface area contributed by atoms with Crippen LogP contribution in [0.1, 0.15) is 38.4 Å². The topological polar surface area (TPSA) is 41.5 Å². The van der Waals surface area contributed by atoms with Crippen LogP contribution < -0.4 is 9.80 Å². The van der Waals surface area contributed by atoms with Gasteiger partial charge >= 0.3 is 0 Å². The van der Waals surface area contributed by atoms with E-state index in [1.165, 1.54) is 25.7 Å². The van der Waals surface area contributed by atoms with Crippen molar-refractivity contribution in [3.8, 4) is 0 Å². The van der Waals surface area contributed by atoms with Crippen LogP contribution in [-0.2, 0) is 4.74 Å². The summed E-state index contributed by atoms with van der Waals surface area (Å²) >= 11 is 0. The molecule has 0 aliphatic carbocycles. The van der Waals surface area contributed by atoms with Crippen LogP contribution in [-0.4, -0.2) is 48.9 Å². The molecule has 3 heterocycles. The minimum absolute atomic E-state index is 0.630. The summed E-state index contributed by atoms with van der Waals surface area (Å²) in [6.45, 7) is 8.83. The highest BCUT2D eigenvalue weighted by Gasteiger charge is 2.23. The zero-order chi connectivity index (χ0) is 14.7. The third kappa shape index (κ3) is 3.28. The van der Waals surface area contributed by atoms with E-state index < -0.39 is 0 Å². The molecule has 1 unspecified atom stereocenters. The van der Waals surface area contributed by atoms with Gasteiger partial charge < -0.3 is 14.5 Å². The summed E-state index contributed by atoms with van der Waals surface area (Å²) in [5.41, 5.74) is 0. The second-order valence-corrected chi connectivity index (χ2v) is 5.98. The maximum absolute atomic E-state index is 5.44. The highest BCUT2D eigenvalue weighted by Crippen LogP contribution is 2.27. The van der Waals surface area contributed by atoms with E-state index in [2.05, 4.69) is 27.8 Å². The van der Waals surface area contributed by atoms with Crippen molar-refractivity contribution in [1.29, 1.82) is 0 Å². The van der Waals surface area contributed by atoms with E-state index in [0.29, 0.717) is 6.04 Å². The van der Waals surface area contributed by atoms with Crippen LogP contribution in [0.15, 0.2) is 6.07 Å². The van der Waals surface area contributed by atoms with Crippen molar-refractivity contribution in [3.05, 3.63) is 11.9 Å². The monoisotopic (exact) mass is 290 g/mol. The molecule has 21 heavy (non-hydrogen) atoms. The Labute approximate surface area is 127 Å². The Balaban J connectivity index is 1.85. The fraction of sp³-hybridized carbons (Fsp3) is 0.750. The fourth-order valence-electron chi connectivity index (χ4n) is 3.36. The molecule has 0 bridgehead atoms. The van der Waals surface area contributed by atoms with Gasteiger partial charge in [-0.15, -0.1) is 0 Å². The molecule has 1 aromatic rings. The van der Waals surface area contributed by atoms with E-state index >= 15 is 0 Å². The number of morpholine rings is 1. The lowest BCUT2D eigenvalue weighted by Crippen LogP contribution is -2.40. The van der Waals surface area contributed by atoms with E-state index in [4.69, 9.17) is 9.72 Å². The lowest BCUT2D eigenvalue weighted by atomic mass is 10.00. The van der Waals surface area contributed by atoms with Gasteiger partial charge in [-0.05, 0) is 32.6 Å². The summed E-state index contributed by atoms with van der Waals surface area (Å²) < 4.78 is 5.44. The Morgan fingerprint density at radius 1 is 1.14 bits per heavy atom. The zero-order valence-electron chi connectivity index (χ0n) is 13.2. The molecule has 2 aliphatic rings. The van der Waals surface area contributed by atoms with Gasteiger partial charge in [0.1, 0.15) is 17.5 Å². The normalized spacial score (nSPS) is 23.4. The largest absolute Gasteiger partial charge is 0.378 e. The molecule has 1 atom stereocenters.